The fourth-order valence-corrected chi connectivity index (χ4v) is 3.46. The van der Waals surface area contributed by atoms with Crippen molar-refractivity contribution in [1.82, 2.24) is 4.90 Å². The zero-order valence-corrected chi connectivity index (χ0v) is 14.9. The molecule has 26 heavy (non-hydrogen) atoms. The Hall–Kier alpha value is -2.43. The van der Waals surface area contributed by atoms with Crippen molar-refractivity contribution in [2.24, 2.45) is 0 Å². The van der Waals surface area contributed by atoms with Crippen LogP contribution < -0.4 is 4.90 Å². The Morgan fingerprint density at radius 1 is 1.27 bits per heavy atom. The molecule has 2 amide bonds. The molecule has 0 aromatic heterocycles. The molecule has 0 saturated carbocycles. The normalized spacial score (nSPS) is 18.5. The van der Waals surface area contributed by atoms with Crippen molar-refractivity contribution in [3.8, 4) is 6.07 Å². The fraction of sp³-hybridized carbons (Fsp3) is 0.526. The van der Waals surface area contributed by atoms with E-state index in [0.717, 1.165) is 0 Å². The first-order chi connectivity index (χ1) is 12.5. The Kier molecular flexibility index (Phi) is 5.55. The monoisotopic (exact) mass is 357 g/mol. The van der Waals surface area contributed by atoms with Gasteiger partial charge in [-0.1, -0.05) is 6.07 Å². The summed E-state index contributed by atoms with van der Waals surface area (Å²) < 4.78 is 11.4. The maximum atomic E-state index is 12.5. The number of likely N-dealkylation sites (tertiary alicyclic amines) is 1. The van der Waals surface area contributed by atoms with Gasteiger partial charge in [0.05, 0.1) is 24.8 Å². The molecule has 0 radical (unpaired) electrons. The standard InChI is InChI=1S/C19H23N3O4/c1-15(23)22(17-4-2-3-16(13-17)14-20)8-5-18(24)21-9-6-19(7-10-21)25-11-12-26-19/h2-4,13H,5-12H2,1H3. The highest BCUT2D eigenvalue weighted by Crippen LogP contribution is 2.31. The molecule has 0 bridgehead atoms. The Morgan fingerprint density at radius 3 is 2.58 bits per heavy atom. The summed E-state index contributed by atoms with van der Waals surface area (Å²) >= 11 is 0. The Morgan fingerprint density at radius 2 is 1.96 bits per heavy atom. The quantitative estimate of drug-likeness (QED) is 0.818. The van der Waals surface area contributed by atoms with E-state index in [-0.39, 0.29) is 24.8 Å². The number of piperidine rings is 1. The summed E-state index contributed by atoms with van der Waals surface area (Å²) in [7, 11) is 0. The number of ether oxygens (including phenoxy) is 2. The molecule has 3 rings (SSSR count). The molecule has 7 heteroatoms. The van der Waals surface area contributed by atoms with E-state index >= 15 is 0 Å². The summed E-state index contributed by atoms with van der Waals surface area (Å²) in [4.78, 5) is 27.9. The van der Waals surface area contributed by atoms with Crippen LogP contribution in [0.3, 0.4) is 0 Å². The third-order valence-electron chi connectivity index (χ3n) is 4.91. The number of nitrogens with zero attached hydrogens (tertiary/aromatic N) is 3. The molecular formula is C19H23N3O4. The van der Waals surface area contributed by atoms with Gasteiger partial charge in [0.2, 0.25) is 11.8 Å². The van der Waals surface area contributed by atoms with Gasteiger partial charge in [-0.25, -0.2) is 0 Å². The van der Waals surface area contributed by atoms with E-state index in [1.165, 1.54) is 11.8 Å². The molecule has 1 spiro atoms. The minimum absolute atomic E-state index is 0.0144. The maximum absolute atomic E-state index is 12.5. The van der Waals surface area contributed by atoms with Gasteiger partial charge in [-0.2, -0.15) is 5.26 Å². The van der Waals surface area contributed by atoms with Crippen LogP contribution in [-0.4, -0.2) is 55.3 Å². The summed E-state index contributed by atoms with van der Waals surface area (Å²) in [5, 5.41) is 9.02. The topological polar surface area (TPSA) is 82.9 Å². The minimum atomic E-state index is -0.500. The van der Waals surface area contributed by atoms with Crippen LogP contribution >= 0.6 is 0 Å². The average molecular weight is 357 g/mol. The summed E-state index contributed by atoms with van der Waals surface area (Å²) in [6.45, 7) is 4.18. The minimum Gasteiger partial charge on any atom is -0.347 e. The third-order valence-corrected chi connectivity index (χ3v) is 4.91. The largest absolute Gasteiger partial charge is 0.347 e. The van der Waals surface area contributed by atoms with Crippen LogP contribution in [0.2, 0.25) is 0 Å². The molecule has 0 atom stereocenters. The van der Waals surface area contributed by atoms with Gasteiger partial charge in [0.25, 0.3) is 0 Å². The lowest BCUT2D eigenvalue weighted by Crippen LogP contribution is -2.48. The van der Waals surface area contributed by atoms with Crippen LogP contribution in [0.1, 0.15) is 31.7 Å². The van der Waals surface area contributed by atoms with Gasteiger partial charge in [-0.3, -0.25) is 9.59 Å². The highest BCUT2D eigenvalue weighted by Gasteiger charge is 2.40. The van der Waals surface area contributed by atoms with Crippen molar-refractivity contribution in [3.63, 3.8) is 0 Å². The molecule has 2 aliphatic rings. The number of carbonyl (C=O) groups excluding carboxylic acids is 2. The lowest BCUT2D eigenvalue weighted by Gasteiger charge is -2.37. The van der Waals surface area contributed by atoms with Crippen molar-refractivity contribution >= 4 is 17.5 Å². The second-order valence-electron chi connectivity index (χ2n) is 6.57. The zero-order valence-electron chi connectivity index (χ0n) is 14.9. The summed E-state index contributed by atoms with van der Waals surface area (Å²) in [6.07, 6.45) is 1.60. The SMILES string of the molecule is CC(=O)N(CCC(=O)N1CCC2(CC1)OCCO2)c1cccc(C#N)c1. The van der Waals surface area contributed by atoms with E-state index < -0.39 is 5.79 Å². The second kappa shape index (κ2) is 7.85. The van der Waals surface area contributed by atoms with E-state index in [9.17, 15) is 9.59 Å². The van der Waals surface area contributed by atoms with Crippen molar-refractivity contribution < 1.29 is 19.1 Å². The first-order valence-corrected chi connectivity index (χ1v) is 8.87. The first-order valence-electron chi connectivity index (χ1n) is 8.87. The van der Waals surface area contributed by atoms with Gasteiger partial charge >= 0.3 is 0 Å². The lowest BCUT2D eigenvalue weighted by molar-refractivity contribution is -0.187. The Balaban J connectivity index is 1.56. The molecule has 2 aliphatic heterocycles. The van der Waals surface area contributed by atoms with Crippen LogP contribution in [0.15, 0.2) is 24.3 Å². The van der Waals surface area contributed by atoms with E-state index in [0.29, 0.717) is 50.4 Å². The second-order valence-corrected chi connectivity index (χ2v) is 6.57. The smallest absolute Gasteiger partial charge is 0.224 e. The van der Waals surface area contributed by atoms with Crippen LogP contribution in [0, 0.1) is 11.3 Å². The van der Waals surface area contributed by atoms with Crippen LogP contribution in [0.5, 0.6) is 0 Å². The van der Waals surface area contributed by atoms with Gasteiger partial charge in [0, 0.05) is 51.5 Å². The third kappa shape index (κ3) is 4.03. The van der Waals surface area contributed by atoms with E-state index in [4.69, 9.17) is 14.7 Å². The Bertz CT molecular complexity index is 712. The first kappa shape index (κ1) is 18.4. The Labute approximate surface area is 153 Å². The molecule has 1 aromatic rings. The predicted molar refractivity (Wildman–Crippen MR) is 94.3 cm³/mol. The van der Waals surface area contributed by atoms with E-state index in [1.54, 1.807) is 29.2 Å². The van der Waals surface area contributed by atoms with Gasteiger partial charge in [0.1, 0.15) is 0 Å². The van der Waals surface area contributed by atoms with E-state index in [1.807, 2.05) is 0 Å². The van der Waals surface area contributed by atoms with Crippen molar-refractivity contribution in [3.05, 3.63) is 29.8 Å². The predicted octanol–water partition coefficient (Wildman–Crippen LogP) is 1.67. The average Bonchev–Trinajstić information content (AvgIpc) is 3.10. The molecule has 2 fully saturated rings. The van der Waals surface area contributed by atoms with Crippen LogP contribution in [0.25, 0.3) is 0 Å². The molecule has 1 aromatic carbocycles. The molecule has 2 saturated heterocycles. The molecule has 0 N–H and O–H groups in total. The van der Waals surface area contributed by atoms with Gasteiger partial charge in [-0.15, -0.1) is 0 Å². The molecule has 138 valence electrons. The van der Waals surface area contributed by atoms with Gasteiger partial charge in [-0.05, 0) is 18.2 Å². The van der Waals surface area contributed by atoms with Crippen molar-refractivity contribution in [1.29, 1.82) is 5.26 Å². The van der Waals surface area contributed by atoms with Crippen molar-refractivity contribution in [2.75, 3.05) is 37.7 Å². The fourth-order valence-electron chi connectivity index (χ4n) is 3.46. The zero-order chi connectivity index (χ0) is 18.6. The van der Waals surface area contributed by atoms with Gasteiger partial charge in [0.15, 0.2) is 5.79 Å². The number of hydrogen-bond donors (Lipinski definition) is 0. The number of amides is 2. The summed E-state index contributed by atoms with van der Waals surface area (Å²) in [5.41, 5.74) is 1.12. The molecule has 2 heterocycles. The van der Waals surface area contributed by atoms with Crippen LogP contribution in [0.4, 0.5) is 5.69 Å². The number of anilines is 1. The highest BCUT2D eigenvalue weighted by atomic mass is 16.7. The molecule has 0 unspecified atom stereocenters. The van der Waals surface area contributed by atoms with Gasteiger partial charge < -0.3 is 19.3 Å². The number of rotatable bonds is 4. The number of nitriles is 1. The number of carbonyl (C=O) groups is 2. The summed E-state index contributed by atoms with van der Waals surface area (Å²) in [6, 6.07) is 8.91. The number of benzene rings is 1. The van der Waals surface area contributed by atoms with Crippen molar-refractivity contribution in [2.45, 2.75) is 32.0 Å². The lowest BCUT2D eigenvalue weighted by atomic mass is 10.0. The molecule has 0 aliphatic carbocycles. The summed E-state index contributed by atoms with van der Waals surface area (Å²) in [5.74, 6) is -0.640. The number of hydrogen-bond acceptors (Lipinski definition) is 5. The highest BCUT2D eigenvalue weighted by molar-refractivity contribution is 5.92. The molecule has 7 nitrogen and oxygen atoms in total. The van der Waals surface area contributed by atoms with E-state index in [2.05, 4.69) is 6.07 Å². The molecular weight excluding hydrogens is 334 g/mol. The van der Waals surface area contributed by atoms with Crippen LogP contribution in [-0.2, 0) is 19.1 Å². The maximum Gasteiger partial charge on any atom is 0.224 e.